The van der Waals surface area contributed by atoms with Crippen molar-refractivity contribution in [3.8, 4) is 0 Å². The van der Waals surface area contributed by atoms with Crippen LogP contribution in [-0.2, 0) is 5.33 Å². The molecule has 1 saturated heterocycles. The van der Waals surface area contributed by atoms with Gasteiger partial charge in [0.25, 0.3) is 0 Å². The number of para-hydroxylation sites is 1. The molecule has 1 atom stereocenters. The van der Waals surface area contributed by atoms with Gasteiger partial charge in [-0.05, 0) is 18.1 Å². The highest BCUT2D eigenvalue weighted by Crippen LogP contribution is 2.31. The monoisotopic (exact) mass is 317 g/mol. The first-order valence-corrected chi connectivity index (χ1v) is 8.13. The highest BCUT2D eigenvalue weighted by atomic mass is 79.9. The van der Waals surface area contributed by atoms with Crippen LogP contribution in [0.3, 0.4) is 0 Å². The molecule has 17 heavy (non-hydrogen) atoms. The molecule has 0 saturated carbocycles. The maximum Gasteiger partial charge on any atom is 0.146 e. The minimum absolute atomic E-state index is 0.0938. The molecule has 1 heterocycles. The fourth-order valence-corrected chi connectivity index (χ4v) is 3.82. The van der Waals surface area contributed by atoms with E-state index in [4.69, 9.17) is 0 Å². The maximum absolute atomic E-state index is 14.0. The molecule has 2 rings (SSSR count). The van der Waals surface area contributed by atoms with Gasteiger partial charge in [-0.15, -0.1) is 0 Å². The summed E-state index contributed by atoms with van der Waals surface area (Å²) in [5.74, 6) is 0.998. The second kappa shape index (κ2) is 6.10. The molecule has 0 aliphatic carbocycles. The largest absolute Gasteiger partial charge is 0.367 e. The summed E-state index contributed by atoms with van der Waals surface area (Å²) in [7, 11) is 0. The molecule has 0 N–H and O–H groups in total. The Balaban J connectivity index is 2.26. The topological polar surface area (TPSA) is 3.24 Å². The summed E-state index contributed by atoms with van der Waals surface area (Å²) in [6, 6.07) is 5.34. The van der Waals surface area contributed by atoms with E-state index < -0.39 is 0 Å². The highest BCUT2D eigenvalue weighted by Gasteiger charge is 2.22. The number of hydrogen-bond acceptors (Lipinski definition) is 2. The molecular weight excluding hydrogens is 301 g/mol. The molecule has 1 aliphatic heterocycles. The number of thioether (sulfide) groups is 1. The average Bonchev–Trinajstić information content (AvgIpc) is 2.38. The van der Waals surface area contributed by atoms with Crippen molar-refractivity contribution in [2.75, 3.05) is 23.7 Å². The van der Waals surface area contributed by atoms with Crippen LogP contribution in [0.1, 0.15) is 18.9 Å². The summed E-state index contributed by atoms with van der Waals surface area (Å²) < 4.78 is 14.0. The van der Waals surface area contributed by atoms with Crippen LogP contribution in [0.15, 0.2) is 18.2 Å². The third-order valence-electron chi connectivity index (χ3n) is 3.12. The van der Waals surface area contributed by atoms with Crippen LogP contribution in [0.4, 0.5) is 10.1 Å². The minimum Gasteiger partial charge on any atom is -0.367 e. The van der Waals surface area contributed by atoms with Gasteiger partial charge >= 0.3 is 0 Å². The molecule has 4 heteroatoms. The predicted molar refractivity (Wildman–Crippen MR) is 77.8 cm³/mol. The van der Waals surface area contributed by atoms with Crippen LogP contribution in [0.25, 0.3) is 0 Å². The van der Waals surface area contributed by atoms with Crippen molar-refractivity contribution >= 4 is 33.4 Å². The molecule has 1 fully saturated rings. The molecule has 0 spiro atoms. The molecule has 0 bridgehead atoms. The van der Waals surface area contributed by atoms with Gasteiger partial charge in [-0.2, -0.15) is 11.8 Å². The van der Waals surface area contributed by atoms with Gasteiger partial charge in [-0.1, -0.05) is 35.0 Å². The summed E-state index contributed by atoms with van der Waals surface area (Å²) in [6.07, 6.45) is 1.15. The van der Waals surface area contributed by atoms with Gasteiger partial charge < -0.3 is 4.90 Å². The Bertz CT molecular complexity index is 386. The Morgan fingerprint density at radius 1 is 1.53 bits per heavy atom. The lowest BCUT2D eigenvalue weighted by atomic mass is 10.1. The number of benzene rings is 1. The van der Waals surface area contributed by atoms with E-state index in [1.807, 2.05) is 17.8 Å². The first kappa shape index (κ1) is 13.2. The van der Waals surface area contributed by atoms with Crippen molar-refractivity contribution in [2.24, 2.45) is 0 Å². The first-order chi connectivity index (χ1) is 8.26. The van der Waals surface area contributed by atoms with Crippen LogP contribution in [-0.4, -0.2) is 24.1 Å². The van der Waals surface area contributed by atoms with E-state index in [1.165, 1.54) is 0 Å². The quantitative estimate of drug-likeness (QED) is 0.774. The third kappa shape index (κ3) is 2.97. The summed E-state index contributed by atoms with van der Waals surface area (Å²) >= 11 is 5.45. The third-order valence-corrected chi connectivity index (χ3v) is 5.10. The van der Waals surface area contributed by atoms with Crippen molar-refractivity contribution in [1.29, 1.82) is 0 Å². The second-order valence-electron chi connectivity index (χ2n) is 4.23. The predicted octanol–water partition coefficient (Wildman–Crippen LogP) is 4.05. The molecule has 1 aromatic carbocycles. The standard InChI is InChI=1S/C13H17BrFNS/c1-2-11-9-16(6-7-17-11)13-10(8-14)4-3-5-12(13)15/h3-5,11H,2,6-9H2,1H3. The Labute approximate surface area is 115 Å². The van der Waals surface area contributed by atoms with E-state index in [0.29, 0.717) is 10.6 Å². The Hall–Kier alpha value is -0.220. The van der Waals surface area contributed by atoms with E-state index in [0.717, 1.165) is 36.5 Å². The fourth-order valence-electron chi connectivity index (χ4n) is 2.19. The molecule has 0 radical (unpaired) electrons. The molecule has 1 nitrogen and oxygen atoms in total. The lowest BCUT2D eigenvalue weighted by Crippen LogP contribution is -2.38. The maximum atomic E-state index is 14.0. The number of hydrogen-bond donors (Lipinski definition) is 0. The SMILES string of the molecule is CCC1CN(c2c(F)cccc2CBr)CCS1. The zero-order valence-electron chi connectivity index (χ0n) is 9.96. The van der Waals surface area contributed by atoms with Crippen molar-refractivity contribution in [3.05, 3.63) is 29.6 Å². The van der Waals surface area contributed by atoms with Gasteiger partial charge in [-0.3, -0.25) is 0 Å². The number of nitrogens with zero attached hydrogens (tertiary/aromatic N) is 1. The Kier molecular flexibility index (Phi) is 4.74. The van der Waals surface area contributed by atoms with Crippen LogP contribution < -0.4 is 4.90 Å². The second-order valence-corrected chi connectivity index (χ2v) is 6.20. The van der Waals surface area contributed by atoms with Crippen molar-refractivity contribution in [3.63, 3.8) is 0 Å². The molecule has 1 unspecified atom stereocenters. The van der Waals surface area contributed by atoms with Gasteiger partial charge in [0.05, 0.1) is 5.69 Å². The lowest BCUT2D eigenvalue weighted by molar-refractivity contribution is 0.611. The van der Waals surface area contributed by atoms with E-state index >= 15 is 0 Å². The van der Waals surface area contributed by atoms with E-state index in [2.05, 4.69) is 27.8 Å². The Morgan fingerprint density at radius 3 is 3.06 bits per heavy atom. The summed E-state index contributed by atoms with van der Waals surface area (Å²) in [4.78, 5) is 2.20. The van der Waals surface area contributed by atoms with Gasteiger partial charge in [0.1, 0.15) is 5.82 Å². The van der Waals surface area contributed by atoms with E-state index in [1.54, 1.807) is 12.1 Å². The van der Waals surface area contributed by atoms with Crippen molar-refractivity contribution < 1.29 is 4.39 Å². The zero-order chi connectivity index (χ0) is 12.3. The minimum atomic E-state index is -0.0938. The molecule has 94 valence electrons. The summed E-state index contributed by atoms with van der Waals surface area (Å²) in [5.41, 5.74) is 1.84. The van der Waals surface area contributed by atoms with Crippen LogP contribution in [0.5, 0.6) is 0 Å². The molecule has 1 aromatic rings. The summed E-state index contributed by atoms with van der Waals surface area (Å²) in [6.45, 7) is 4.11. The van der Waals surface area contributed by atoms with E-state index in [-0.39, 0.29) is 5.82 Å². The van der Waals surface area contributed by atoms with Gasteiger partial charge in [0, 0.05) is 29.4 Å². The molecule has 0 amide bonds. The lowest BCUT2D eigenvalue weighted by Gasteiger charge is -2.34. The molecule has 1 aliphatic rings. The highest BCUT2D eigenvalue weighted by molar-refractivity contribution is 9.08. The first-order valence-electron chi connectivity index (χ1n) is 5.96. The van der Waals surface area contributed by atoms with Crippen LogP contribution >= 0.6 is 27.7 Å². The molecule has 0 aromatic heterocycles. The normalized spacial score (nSPS) is 20.6. The number of alkyl halides is 1. The number of anilines is 1. The van der Waals surface area contributed by atoms with Crippen LogP contribution in [0.2, 0.25) is 0 Å². The number of rotatable bonds is 3. The fraction of sp³-hybridized carbons (Fsp3) is 0.538. The Morgan fingerprint density at radius 2 is 2.35 bits per heavy atom. The zero-order valence-corrected chi connectivity index (χ0v) is 12.4. The van der Waals surface area contributed by atoms with Gasteiger partial charge in [-0.25, -0.2) is 4.39 Å². The van der Waals surface area contributed by atoms with Crippen molar-refractivity contribution in [2.45, 2.75) is 23.9 Å². The van der Waals surface area contributed by atoms with Gasteiger partial charge in [0.2, 0.25) is 0 Å². The molecular formula is C13H17BrFNS. The number of halogens is 2. The smallest absolute Gasteiger partial charge is 0.146 e. The van der Waals surface area contributed by atoms with E-state index in [9.17, 15) is 4.39 Å². The van der Waals surface area contributed by atoms with Gasteiger partial charge in [0.15, 0.2) is 0 Å². The van der Waals surface area contributed by atoms with Crippen LogP contribution in [0, 0.1) is 5.82 Å². The average molecular weight is 318 g/mol. The van der Waals surface area contributed by atoms with Crippen molar-refractivity contribution in [1.82, 2.24) is 0 Å². The summed E-state index contributed by atoms with van der Waals surface area (Å²) in [5, 5.41) is 1.34.